The first-order valence-corrected chi connectivity index (χ1v) is 9.00. The lowest BCUT2D eigenvalue weighted by Crippen LogP contribution is -2.02. The lowest BCUT2D eigenvalue weighted by Gasteiger charge is -2.13. The standard InChI is InChI=1S/C20H17Cl2NOS/c21-18-7-4-8-19(22)17(18)13-24-16-9-10-20(25)14(11-16)12-23-15-5-2-1-3-6-15/h1-11,23,25H,12-13H2. The van der Waals surface area contributed by atoms with Gasteiger partial charge in [0.1, 0.15) is 12.4 Å². The molecular formula is C20H17Cl2NOS. The van der Waals surface area contributed by atoms with Crippen LogP contribution < -0.4 is 10.1 Å². The molecule has 1 N–H and O–H groups in total. The summed E-state index contributed by atoms with van der Waals surface area (Å²) in [5, 5.41) is 4.58. The maximum absolute atomic E-state index is 6.18. The van der Waals surface area contributed by atoms with Gasteiger partial charge in [0.15, 0.2) is 0 Å². The predicted molar refractivity (Wildman–Crippen MR) is 108 cm³/mol. The van der Waals surface area contributed by atoms with Crippen LogP contribution in [0.5, 0.6) is 5.75 Å². The topological polar surface area (TPSA) is 21.3 Å². The van der Waals surface area contributed by atoms with Crippen molar-refractivity contribution in [3.05, 3.63) is 87.9 Å². The van der Waals surface area contributed by atoms with E-state index in [-0.39, 0.29) is 0 Å². The van der Waals surface area contributed by atoms with E-state index >= 15 is 0 Å². The van der Waals surface area contributed by atoms with E-state index in [2.05, 4.69) is 17.9 Å². The third kappa shape index (κ3) is 4.85. The van der Waals surface area contributed by atoms with Crippen molar-refractivity contribution < 1.29 is 4.74 Å². The van der Waals surface area contributed by atoms with Crippen molar-refractivity contribution in [2.24, 2.45) is 0 Å². The largest absolute Gasteiger partial charge is 0.489 e. The van der Waals surface area contributed by atoms with Gasteiger partial charge in [0, 0.05) is 32.7 Å². The Morgan fingerprint density at radius 2 is 1.60 bits per heavy atom. The van der Waals surface area contributed by atoms with Crippen molar-refractivity contribution in [2.45, 2.75) is 18.0 Å². The van der Waals surface area contributed by atoms with Crippen LogP contribution >= 0.6 is 35.8 Å². The van der Waals surface area contributed by atoms with Gasteiger partial charge in [-0.1, -0.05) is 47.5 Å². The Hall–Kier alpha value is -1.81. The quantitative estimate of drug-likeness (QED) is 0.471. The van der Waals surface area contributed by atoms with Crippen LogP contribution in [0.2, 0.25) is 10.0 Å². The maximum atomic E-state index is 6.18. The molecule has 128 valence electrons. The number of rotatable bonds is 6. The van der Waals surface area contributed by atoms with Crippen molar-refractivity contribution in [1.82, 2.24) is 0 Å². The molecule has 0 unspecified atom stereocenters. The Balaban J connectivity index is 1.69. The first-order chi connectivity index (χ1) is 12.1. The molecule has 0 bridgehead atoms. The highest BCUT2D eigenvalue weighted by Gasteiger charge is 2.08. The second-order valence-electron chi connectivity index (χ2n) is 5.50. The fourth-order valence-corrected chi connectivity index (χ4v) is 3.10. The second-order valence-corrected chi connectivity index (χ2v) is 6.80. The summed E-state index contributed by atoms with van der Waals surface area (Å²) in [5.41, 5.74) is 2.89. The number of nitrogens with one attached hydrogen (secondary N) is 1. The molecule has 2 nitrogen and oxygen atoms in total. The lowest BCUT2D eigenvalue weighted by atomic mass is 10.2. The zero-order chi connectivity index (χ0) is 17.6. The van der Waals surface area contributed by atoms with Crippen molar-refractivity contribution in [3.63, 3.8) is 0 Å². The van der Waals surface area contributed by atoms with Gasteiger partial charge >= 0.3 is 0 Å². The average molecular weight is 390 g/mol. The molecule has 0 heterocycles. The molecule has 3 aromatic carbocycles. The van der Waals surface area contributed by atoms with Crippen LogP contribution in [0.25, 0.3) is 0 Å². The summed E-state index contributed by atoms with van der Waals surface area (Å²) < 4.78 is 5.87. The van der Waals surface area contributed by atoms with Crippen molar-refractivity contribution in [2.75, 3.05) is 5.32 Å². The molecule has 25 heavy (non-hydrogen) atoms. The monoisotopic (exact) mass is 389 g/mol. The van der Waals surface area contributed by atoms with Crippen LogP contribution in [0, 0.1) is 0 Å². The molecule has 0 radical (unpaired) electrons. The fourth-order valence-electron chi connectivity index (χ4n) is 2.37. The van der Waals surface area contributed by atoms with Crippen molar-refractivity contribution in [3.8, 4) is 5.75 Å². The van der Waals surface area contributed by atoms with Gasteiger partial charge in [-0.2, -0.15) is 0 Å². The first-order valence-electron chi connectivity index (χ1n) is 7.80. The summed E-state index contributed by atoms with van der Waals surface area (Å²) in [5.74, 6) is 0.749. The second kappa shape index (κ2) is 8.52. The Morgan fingerprint density at radius 1 is 0.880 bits per heavy atom. The molecule has 0 aliphatic carbocycles. The number of hydrogen-bond donors (Lipinski definition) is 2. The number of ether oxygens (including phenoxy) is 1. The molecule has 0 aliphatic heterocycles. The fraction of sp³-hybridized carbons (Fsp3) is 0.100. The van der Waals surface area contributed by atoms with E-state index in [1.165, 1.54) is 0 Å². The molecular weight excluding hydrogens is 373 g/mol. The summed E-state index contributed by atoms with van der Waals surface area (Å²) >= 11 is 16.9. The summed E-state index contributed by atoms with van der Waals surface area (Å²) in [7, 11) is 0. The molecule has 3 aromatic rings. The van der Waals surface area contributed by atoms with Gasteiger partial charge < -0.3 is 10.1 Å². The molecule has 0 aliphatic rings. The summed E-state index contributed by atoms with van der Waals surface area (Å²) in [6, 6.07) is 21.2. The Bertz CT molecular complexity index is 835. The van der Waals surface area contributed by atoms with Crippen LogP contribution in [-0.4, -0.2) is 0 Å². The highest BCUT2D eigenvalue weighted by Crippen LogP contribution is 2.27. The summed E-state index contributed by atoms with van der Waals surface area (Å²) in [4.78, 5) is 0.909. The van der Waals surface area contributed by atoms with Gasteiger partial charge in [0.05, 0.1) is 0 Å². The van der Waals surface area contributed by atoms with E-state index in [9.17, 15) is 0 Å². The third-order valence-corrected chi connectivity index (χ3v) is 4.90. The number of thiol groups is 1. The highest BCUT2D eigenvalue weighted by atomic mass is 35.5. The van der Waals surface area contributed by atoms with E-state index in [0.29, 0.717) is 23.2 Å². The van der Waals surface area contributed by atoms with E-state index in [1.807, 2.05) is 54.6 Å². The zero-order valence-electron chi connectivity index (χ0n) is 13.4. The van der Waals surface area contributed by atoms with E-state index in [4.69, 9.17) is 27.9 Å². The van der Waals surface area contributed by atoms with Gasteiger partial charge in [0.2, 0.25) is 0 Å². The maximum Gasteiger partial charge on any atom is 0.120 e. The third-order valence-electron chi connectivity index (χ3n) is 3.75. The minimum atomic E-state index is 0.315. The number of hydrogen-bond acceptors (Lipinski definition) is 3. The molecule has 0 fully saturated rings. The van der Waals surface area contributed by atoms with Crippen molar-refractivity contribution >= 4 is 41.5 Å². The molecule has 0 aromatic heterocycles. The van der Waals surface area contributed by atoms with Crippen LogP contribution in [0.4, 0.5) is 5.69 Å². The highest BCUT2D eigenvalue weighted by molar-refractivity contribution is 7.80. The Morgan fingerprint density at radius 3 is 2.32 bits per heavy atom. The number of benzene rings is 3. The Kier molecular flexibility index (Phi) is 6.14. The van der Waals surface area contributed by atoms with Crippen LogP contribution in [-0.2, 0) is 13.2 Å². The molecule has 0 atom stereocenters. The number of para-hydroxylation sites is 1. The van der Waals surface area contributed by atoms with Crippen LogP contribution in [0.1, 0.15) is 11.1 Å². The predicted octanol–water partition coefficient (Wildman–Crippen LogP) is 6.47. The molecule has 0 saturated carbocycles. The first kappa shape index (κ1) is 18.0. The number of halogens is 2. The minimum absolute atomic E-state index is 0.315. The molecule has 3 rings (SSSR count). The zero-order valence-corrected chi connectivity index (χ0v) is 15.8. The normalized spacial score (nSPS) is 10.5. The Labute approximate surface area is 163 Å². The van der Waals surface area contributed by atoms with Gasteiger partial charge in [-0.3, -0.25) is 0 Å². The van der Waals surface area contributed by atoms with E-state index in [1.54, 1.807) is 12.1 Å². The van der Waals surface area contributed by atoms with Crippen molar-refractivity contribution in [1.29, 1.82) is 0 Å². The average Bonchev–Trinajstić information content (AvgIpc) is 2.62. The van der Waals surface area contributed by atoms with Gasteiger partial charge in [-0.05, 0) is 48.0 Å². The molecule has 0 spiro atoms. The minimum Gasteiger partial charge on any atom is -0.489 e. The SMILES string of the molecule is Sc1ccc(OCc2c(Cl)cccc2Cl)cc1CNc1ccccc1. The van der Waals surface area contributed by atoms with Crippen LogP contribution in [0.15, 0.2) is 71.6 Å². The smallest absolute Gasteiger partial charge is 0.120 e. The molecule has 0 amide bonds. The van der Waals surface area contributed by atoms with Crippen LogP contribution in [0.3, 0.4) is 0 Å². The van der Waals surface area contributed by atoms with Gasteiger partial charge in [-0.25, -0.2) is 0 Å². The van der Waals surface area contributed by atoms with E-state index in [0.717, 1.165) is 27.5 Å². The van der Waals surface area contributed by atoms with Gasteiger partial charge in [0.25, 0.3) is 0 Å². The molecule has 5 heteroatoms. The van der Waals surface area contributed by atoms with E-state index < -0.39 is 0 Å². The molecule has 0 saturated heterocycles. The number of anilines is 1. The lowest BCUT2D eigenvalue weighted by molar-refractivity contribution is 0.306. The summed E-state index contributed by atoms with van der Waals surface area (Å²) in [6.07, 6.45) is 0. The van der Waals surface area contributed by atoms with Gasteiger partial charge in [-0.15, -0.1) is 12.6 Å². The summed E-state index contributed by atoms with van der Waals surface area (Å²) in [6.45, 7) is 0.975.